The van der Waals surface area contributed by atoms with Crippen LogP contribution in [0.25, 0.3) is 5.69 Å². The van der Waals surface area contributed by atoms with Gasteiger partial charge in [0.25, 0.3) is 11.8 Å². The number of hydrogen-bond donors (Lipinski definition) is 0. The normalized spacial score (nSPS) is 13.0. The van der Waals surface area contributed by atoms with Gasteiger partial charge < -0.3 is 4.84 Å². The Hall–Kier alpha value is -3.74. The highest BCUT2D eigenvalue weighted by atomic mass is 16.7. The molecular weight excluding hydrogens is 334 g/mol. The molecule has 3 aromatic rings. The monoisotopic (exact) mass is 347 g/mol. The van der Waals surface area contributed by atoms with Crippen molar-refractivity contribution in [2.75, 3.05) is 0 Å². The first kappa shape index (κ1) is 15.8. The number of nitrogens with zero attached hydrogens (tertiary/aromatic N) is 3. The van der Waals surface area contributed by atoms with Crippen molar-refractivity contribution in [1.29, 1.82) is 0 Å². The van der Waals surface area contributed by atoms with E-state index in [1.165, 1.54) is 12.1 Å². The number of carbonyl (C=O) groups is 3. The van der Waals surface area contributed by atoms with Crippen molar-refractivity contribution in [3.63, 3.8) is 0 Å². The lowest BCUT2D eigenvalue weighted by atomic mass is 10.1. The molecule has 0 saturated carbocycles. The predicted molar refractivity (Wildman–Crippen MR) is 90.3 cm³/mol. The molecule has 1 aliphatic rings. The second-order valence-corrected chi connectivity index (χ2v) is 5.71. The third-order valence-corrected chi connectivity index (χ3v) is 4.00. The molecule has 128 valence electrons. The minimum atomic E-state index is -0.689. The molecule has 2 amide bonds. The van der Waals surface area contributed by atoms with Gasteiger partial charge in [0.1, 0.15) is 0 Å². The van der Waals surface area contributed by atoms with E-state index >= 15 is 0 Å². The van der Waals surface area contributed by atoms with Crippen LogP contribution in [0.1, 0.15) is 26.3 Å². The van der Waals surface area contributed by atoms with Crippen molar-refractivity contribution in [1.82, 2.24) is 14.8 Å². The Bertz CT molecular complexity index is 959. The van der Waals surface area contributed by atoms with E-state index in [4.69, 9.17) is 4.84 Å². The van der Waals surface area contributed by atoms with Crippen LogP contribution in [-0.4, -0.2) is 32.6 Å². The quantitative estimate of drug-likeness (QED) is 0.676. The minimum Gasteiger partial charge on any atom is -0.329 e. The average Bonchev–Trinajstić information content (AvgIpc) is 3.27. The van der Waals surface area contributed by atoms with Crippen molar-refractivity contribution in [2.24, 2.45) is 0 Å². The number of hydroxylamine groups is 2. The molecule has 0 spiro atoms. The second kappa shape index (κ2) is 6.29. The summed E-state index contributed by atoms with van der Waals surface area (Å²) < 4.78 is 1.70. The van der Waals surface area contributed by atoms with Crippen LogP contribution in [0.4, 0.5) is 0 Å². The van der Waals surface area contributed by atoms with Gasteiger partial charge in [-0.25, -0.2) is 9.48 Å². The van der Waals surface area contributed by atoms with Gasteiger partial charge in [0.2, 0.25) is 0 Å². The van der Waals surface area contributed by atoms with Gasteiger partial charge in [-0.1, -0.05) is 29.3 Å². The standard InChI is InChI=1S/C19H13N3O4/c23-17(12-13-6-8-14(9-7-13)21-11-3-10-20-21)26-22-18(24)15-4-1-2-5-16(15)19(22)25/h1-11H,12H2. The number of hydrogen-bond acceptors (Lipinski definition) is 5. The van der Waals surface area contributed by atoms with E-state index in [-0.39, 0.29) is 17.5 Å². The molecule has 0 bridgehead atoms. The fourth-order valence-corrected chi connectivity index (χ4v) is 2.74. The highest BCUT2D eigenvalue weighted by Gasteiger charge is 2.38. The maximum absolute atomic E-state index is 12.2. The molecule has 1 aromatic heterocycles. The zero-order valence-corrected chi connectivity index (χ0v) is 13.5. The van der Waals surface area contributed by atoms with Crippen molar-refractivity contribution in [2.45, 2.75) is 6.42 Å². The van der Waals surface area contributed by atoms with Crippen LogP contribution in [0.5, 0.6) is 0 Å². The van der Waals surface area contributed by atoms with Crippen molar-refractivity contribution in [3.8, 4) is 5.69 Å². The lowest BCUT2D eigenvalue weighted by Crippen LogP contribution is -2.33. The van der Waals surface area contributed by atoms with E-state index in [9.17, 15) is 14.4 Å². The lowest BCUT2D eigenvalue weighted by molar-refractivity contribution is -0.167. The topological polar surface area (TPSA) is 81.5 Å². The Morgan fingerprint density at radius 3 is 2.15 bits per heavy atom. The van der Waals surface area contributed by atoms with Gasteiger partial charge in [-0.05, 0) is 35.9 Å². The van der Waals surface area contributed by atoms with Gasteiger partial charge in [0, 0.05) is 12.4 Å². The number of amides is 2. The van der Waals surface area contributed by atoms with Crippen LogP contribution >= 0.6 is 0 Å². The molecule has 0 saturated heterocycles. The van der Waals surface area contributed by atoms with Crippen molar-refractivity contribution >= 4 is 17.8 Å². The number of aromatic nitrogens is 2. The molecule has 2 aromatic carbocycles. The largest absolute Gasteiger partial charge is 0.337 e. The number of benzene rings is 2. The van der Waals surface area contributed by atoms with E-state index in [1.807, 2.05) is 24.4 Å². The van der Waals surface area contributed by atoms with Crippen molar-refractivity contribution in [3.05, 3.63) is 83.7 Å². The molecule has 7 nitrogen and oxygen atoms in total. The Morgan fingerprint density at radius 1 is 0.923 bits per heavy atom. The summed E-state index contributed by atoms with van der Waals surface area (Å²) in [6, 6.07) is 15.3. The Kier molecular flexibility index (Phi) is 3.81. The summed E-state index contributed by atoms with van der Waals surface area (Å²) in [5.74, 6) is -1.95. The van der Waals surface area contributed by atoms with E-state index in [0.29, 0.717) is 10.6 Å². The third-order valence-electron chi connectivity index (χ3n) is 4.00. The zero-order chi connectivity index (χ0) is 18.1. The Labute approximate surface area is 148 Å². The van der Waals surface area contributed by atoms with E-state index in [2.05, 4.69) is 5.10 Å². The molecule has 0 fully saturated rings. The summed E-state index contributed by atoms with van der Waals surface area (Å²) in [5, 5.41) is 4.64. The maximum Gasteiger partial charge on any atom is 0.337 e. The molecule has 26 heavy (non-hydrogen) atoms. The van der Waals surface area contributed by atoms with Crippen LogP contribution in [0, 0.1) is 0 Å². The maximum atomic E-state index is 12.2. The summed E-state index contributed by atoms with van der Waals surface area (Å²) in [6.07, 6.45) is 3.42. The van der Waals surface area contributed by atoms with E-state index in [1.54, 1.807) is 35.1 Å². The molecule has 0 radical (unpaired) electrons. The summed E-state index contributed by atoms with van der Waals surface area (Å²) >= 11 is 0. The first-order valence-corrected chi connectivity index (χ1v) is 7.91. The SMILES string of the molecule is O=C(Cc1ccc(-n2cccn2)cc1)ON1C(=O)c2ccccc2C1=O. The smallest absolute Gasteiger partial charge is 0.329 e. The van der Waals surface area contributed by atoms with E-state index in [0.717, 1.165) is 5.69 Å². The summed E-state index contributed by atoms with van der Waals surface area (Å²) in [4.78, 5) is 41.5. The molecule has 0 N–H and O–H groups in total. The zero-order valence-electron chi connectivity index (χ0n) is 13.5. The molecule has 4 rings (SSSR count). The van der Waals surface area contributed by atoms with Crippen LogP contribution in [0.15, 0.2) is 67.0 Å². The highest BCUT2D eigenvalue weighted by molar-refractivity contribution is 6.20. The van der Waals surface area contributed by atoms with Gasteiger partial charge in [-0.2, -0.15) is 5.10 Å². The molecular formula is C19H13N3O4. The number of imide groups is 1. The van der Waals surface area contributed by atoms with Gasteiger partial charge in [0.15, 0.2) is 0 Å². The molecule has 0 atom stereocenters. The van der Waals surface area contributed by atoms with Gasteiger partial charge in [-0.3, -0.25) is 9.59 Å². The van der Waals surface area contributed by atoms with E-state index < -0.39 is 17.8 Å². The summed E-state index contributed by atoms with van der Waals surface area (Å²) in [5.41, 5.74) is 2.01. The number of fused-ring (bicyclic) bond motifs is 1. The molecule has 2 heterocycles. The van der Waals surface area contributed by atoms with Crippen LogP contribution in [-0.2, 0) is 16.1 Å². The fourth-order valence-electron chi connectivity index (χ4n) is 2.74. The van der Waals surface area contributed by atoms with Gasteiger partial charge in [-0.15, -0.1) is 0 Å². The van der Waals surface area contributed by atoms with Gasteiger partial charge in [0.05, 0.1) is 23.2 Å². The van der Waals surface area contributed by atoms with Crippen molar-refractivity contribution < 1.29 is 19.2 Å². The summed E-state index contributed by atoms with van der Waals surface area (Å²) in [6.45, 7) is 0. The van der Waals surface area contributed by atoms with Crippen LogP contribution in [0.3, 0.4) is 0 Å². The second-order valence-electron chi connectivity index (χ2n) is 5.71. The third kappa shape index (κ3) is 2.75. The number of carbonyl (C=O) groups excluding carboxylic acids is 3. The predicted octanol–water partition coefficient (Wildman–Crippen LogP) is 2.17. The molecule has 7 heteroatoms. The van der Waals surface area contributed by atoms with Gasteiger partial charge >= 0.3 is 5.97 Å². The highest BCUT2D eigenvalue weighted by Crippen LogP contribution is 2.23. The Balaban J connectivity index is 1.43. The molecule has 1 aliphatic heterocycles. The Morgan fingerprint density at radius 2 is 1.58 bits per heavy atom. The first-order valence-electron chi connectivity index (χ1n) is 7.91. The first-order chi connectivity index (χ1) is 12.6. The molecule has 0 unspecified atom stereocenters. The summed E-state index contributed by atoms with van der Waals surface area (Å²) in [7, 11) is 0. The lowest BCUT2D eigenvalue weighted by Gasteiger charge is -2.12. The van der Waals surface area contributed by atoms with Crippen LogP contribution < -0.4 is 0 Å². The fraction of sp³-hybridized carbons (Fsp3) is 0.0526. The number of rotatable bonds is 4. The molecule has 0 aliphatic carbocycles. The van der Waals surface area contributed by atoms with Crippen LogP contribution in [0.2, 0.25) is 0 Å². The minimum absolute atomic E-state index is 0.0627. The average molecular weight is 347 g/mol.